The lowest BCUT2D eigenvalue weighted by Gasteiger charge is -2.37. The minimum atomic E-state index is -0.221. The van der Waals surface area contributed by atoms with E-state index in [2.05, 4.69) is 19.1 Å². The summed E-state index contributed by atoms with van der Waals surface area (Å²) in [5, 5.41) is 0. The summed E-state index contributed by atoms with van der Waals surface area (Å²) in [5.74, 6) is 1.79. The molecule has 0 aromatic heterocycles. The number of carbonyl (C=O) groups excluding carboxylic acids is 2. The van der Waals surface area contributed by atoms with Crippen LogP contribution in [0.3, 0.4) is 0 Å². The van der Waals surface area contributed by atoms with Crippen LogP contribution in [0.15, 0.2) is 36.4 Å². The van der Waals surface area contributed by atoms with Crippen molar-refractivity contribution in [2.45, 2.75) is 103 Å². The zero-order valence-corrected chi connectivity index (χ0v) is 20.6. The van der Waals surface area contributed by atoms with Crippen molar-refractivity contribution in [3.63, 3.8) is 0 Å². The van der Waals surface area contributed by atoms with E-state index in [1.54, 1.807) is 6.08 Å². The third-order valence-electron chi connectivity index (χ3n) is 7.54. The van der Waals surface area contributed by atoms with Gasteiger partial charge in [0.15, 0.2) is 0 Å². The molecule has 33 heavy (non-hydrogen) atoms. The minimum Gasteiger partial charge on any atom is -0.459 e. The first-order valence-corrected chi connectivity index (χ1v) is 13.2. The number of esters is 2. The molecule has 2 aliphatic carbocycles. The van der Waals surface area contributed by atoms with E-state index in [0.717, 1.165) is 57.8 Å². The number of ether oxygens (including phenoxy) is 2. The highest BCUT2D eigenvalue weighted by molar-refractivity contribution is 5.81. The van der Waals surface area contributed by atoms with Crippen LogP contribution >= 0.6 is 0 Å². The lowest BCUT2D eigenvalue weighted by Crippen LogP contribution is -2.31. The van der Waals surface area contributed by atoms with Gasteiger partial charge < -0.3 is 9.47 Å². The Morgan fingerprint density at radius 2 is 1.52 bits per heavy atom. The van der Waals surface area contributed by atoms with Gasteiger partial charge >= 0.3 is 11.9 Å². The average molecular weight is 455 g/mol. The van der Waals surface area contributed by atoms with Crippen molar-refractivity contribution in [3.8, 4) is 5.75 Å². The maximum Gasteiger partial charge on any atom is 0.330 e. The van der Waals surface area contributed by atoms with Crippen LogP contribution in [0, 0.1) is 17.8 Å². The lowest BCUT2D eigenvalue weighted by atomic mass is 9.70. The Kier molecular flexibility index (Phi) is 10.5. The van der Waals surface area contributed by atoms with E-state index in [4.69, 9.17) is 9.47 Å². The molecule has 0 spiro atoms. The monoisotopic (exact) mass is 454 g/mol. The van der Waals surface area contributed by atoms with Gasteiger partial charge in [0.1, 0.15) is 11.9 Å². The molecule has 2 fully saturated rings. The molecule has 0 radical (unpaired) electrons. The molecule has 0 heterocycles. The fourth-order valence-electron chi connectivity index (χ4n) is 5.52. The van der Waals surface area contributed by atoms with Gasteiger partial charge in [-0.15, -0.1) is 0 Å². The fraction of sp³-hybridized carbons (Fsp3) is 0.655. The number of unbranched alkanes of at least 4 members (excludes halogenated alkanes) is 3. The molecular formula is C29H42O4. The van der Waals surface area contributed by atoms with Crippen molar-refractivity contribution in [1.29, 1.82) is 0 Å². The molecule has 0 saturated heterocycles. The molecule has 0 amide bonds. The normalized spacial score (nSPS) is 25.6. The largest absolute Gasteiger partial charge is 0.459 e. The lowest BCUT2D eigenvalue weighted by molar-refractivity contribution is -0.145. The van der Waals surface area contributed by atoms with Crippen LogP contribution in [0.2, 0.25) is 0 Å². The van der Waals surface area contributed by atoms with Gasteiger partial charge in [-0.3, -0.25) is 4.79 Å². The number of carbonyl (C=O) groups is 2. The zero-order chi connectivity index (χ0) is 23.5. The van der Waals surface area contributed by atoms with Crippen LogP contribution in [-0.2, 0) is 20.7 Å². The highest BCUT2D eigenvalue weighted by Gasteiger charge is 2.34. The van der Waals surface area contributed by atoms with E-state index in [0.29, 0.717) is 17.6 Å². The number of benzene rings is 1. The number of allylic oxidation sites excluding steroid dienone is 1. The van der Waals surface area contributed by atoms with Crippen molar-refractivity contribution < 1.29 is 19.1 Å². The summed E-state index contributed by atoms with van der Waals surface area (Å²) in [7, 11) is 0. The fourth-order valence-corrected chi connectivity index (χ4v) is 5.52. The smallest absolute Gasteiger partial charge is 0.330 e. The van der Waals surface area contributed by atoms with Crippen molar-refractivity contribution in [2.24, 2.45) is 17.8 Å². The van der Waals surface area contributed by atoms with Crippen LogP contribution in [0.25, 0.3) is 0 Å². The topological polar surface area (TPSA) is 52.6 Å². The van der Waals surface area contributed by atoms with E-state index < -0.39 is 0 Å². The second-order valence-corrected chi connectivity index (χ2v) is 9.96. The van der Waals surface area contributed by atoms with Crippen molar-refractivity contribution >= 4 is 11.9 Å². The summed E-state index contributed by atoms with van der Waals surface area (Å²) in [5.41, 5.74) is 1.32. The highest BCUT2D eigenvalue weighted by Crippen LogP contribution is 2.41. The second-order valence-electron chi connectivity index (χ2n) is 9.96. The molecular weight excluding hydrogens is 412 g/mol. The minimum absolute atomic E-state index is 0.0214. The van der Waals surface area contributed by atoms with Gasteiger partial charge in [0, 0.05) is 6.08 Å². The van der Waals surface area contributed by atoms with Gasteiger partial charge in [-0.1, -0.05) is 44.4 Å². The van der Waals surface area contributed by atoms with E-state index in [1.165, 1.54) is 37.3 Å². The molecule has 2 saturated carbocycles. The first-order chi connectivity index (χ1) is 16.1. The van der Waals surface area contributed by atoms with Crippen LogP contribution in [-0.4, -0.2) is 18.0 Å². The van der Waals surface area contributed by atoms with Crippen molar-refractivity contribution in [3.05, 3.63) is 42.0 Å². The Bertz CT molecular complexity index is 750. The first-order valence-electron chi connectivity index (χ1n) is 13.2. The van der Waals surface area contributed by atoms with Crippen LogP contribution in [0.1, 0.15) is 96.5 Å². The summed E-state index contributed by atoms with van der Waals surface area (Å²) in [6, 6.07) is 8.08. The number of hydrogen-bond acceptors (Lipinski definition) is 4. The molecule has 3 rings (SSSR count). The number of rotatable bonds is 10. The van der Waals surface area contributed by atoms with Gasteiger partial charge in [-0.2, -0.15) is 0 Å². The molecule has 1 aromatic rings. The van der Waals surface area contributed by atoms with E-state index in [1.807, 2.05) is 19.1 Å². The van der Waals surface area contributed by atoms with E-state index in [9.17, 15) is 9.59 Å². The zero-order valence-electron chi connectivity index (χ0n) is 20.6. The van der Waals surface area contributed by atoms with Crippen LogP contribution in [0.4, 0.5) is 0 Å². The molecule has 0 bridgehead atoms. The Hall–Kier alpha value is -2.10. The Morgan fingerprint density at radius 3 is 2.12 bits per heavy atom. The quantitative estimate of drug-likeness (QED) is 0.162. The predicted molar refractivity (Wildman–Crippen MR) is 132 cm³/mol. The Morgan fingerprint density at radius 1 is 0.879 bits per heavy atom. The van der Waals surface area contributed by atoms with E-state index >= 15 is 0 Å². The molecule has 0 unspecified atom stereocenters. The third-order valence-corrected chi connectivity index (χ3v) is 7.54. The summed E-state index contributed by atoms with van der Waals surface area (Å²) in [6.45, 7) is 4.06. The summed E-state index contributed by atoms with van der Waals surface area (Å²) in [4.78, 5) is 24.4. The van der Waals surface area contributed by atoms with Gasteiger partial charge in [0.2, 0.25) is 0 Å². The maximum absolute atomic E-state index is 12.7. The molecule has 0 N–H and O–H groups in total. The van der Waals surface area contributed by atoms with Gasteiger partial charge in [-0.25, -0.2) is 4.79 Å². The number of aryl methyl sites for hydroxylation is 1. The first kappa shape index (κ1) is 25.5. The molecule has 2 aliphatic rings. The second kappa shape index (κ2) is 13.6. The average Bonchev–Trinajstić information content (AvgIpc) is 2.83. The Balaban J connectivity index is 1.36. The molecule has 0 aliphatic heterocycles. The Labute approximate surface area is 200 Å². The highest BCUT2D eigenvalue weighted by atomic mass is 16.5. The molecule has 0 atom stereocenters. The van der Waals surface area contributed by atoms with Crippen molar-refractivity contribution in [2.75, 3.05) is 0 Å². The van der Waals surface area contributed by atoms with Crippen LogP contribution < -0.4 is 4.74 Å². The van der Waals surface area contributed by atoms with Crippen LogP contribution in [0.5, 0.6) is 5.75 Å². The maximum atomic E-state index is 12.7. The summed E-state index contributed by atoms with van der Waals surface area (Å²) in [6.07, 6.45) is 17.7. The predicted octanol–water partition coefficient (Wildman–Crippen LogP) is 7.20. The van der Waals surface area contributed by atoms with Gasteiger partial charge in [-0.05, 0) is 101 Å². The number of hydrogen-bond donors (Lipinski definition) is 0. The molecule has 4 heteroatoms. The standard InChI is InChI=1S/C29H42O4/c1-3-5-6-7-9-22-10-18-27(19-11-22)33-29(31)25-14-12-23(13-15-25)24-16-20-26(21-17-24)32-28(30)8-4-2/h4,8,10-11,18-19,23-26H,3,5-7,9,12-17,20-21H2,1-2H3/b8-4+. The molecule has 182 valence electrons. The molecule has 4 nitrogen and oxygen atoms in total. The third kappa shape index (κ3) is 8.32. The molecule has 1 aromatic carbocycles. The SMILES string of the molecule is C/C=C/C(=O)OC1CCC(C2CCC(C(=O)Oc3ccc(CCCCCC)cc3)CC2)CC1. The van der Waals surface area contributed by atoms with Gasteiger partial charge in [0.05, 0.1) is 5.92 Å². The van der Waals surface area contributed by atoms with Crippen molar-refractivity contribution in [1.82, 2.24) is 0 Å². The summed E-state index contributed by atoms with van der Waals surface area (Å²) >= 11 is 0. The van der Waals surface area contributed by atoms with Gasteiger partial charge in [0.25, 0.3) is 0 Å². The summed E-state index contributed by atoms with van der Waals surface area (Å²) < 4.78 is 11.2. The van der Waals surface area contributed by atoms with E-state index in [-0.39, 0.29) is 24.0 Å².